The zero-order chi connectivity index (χ0) is 39.1. The Hall–Kier alpha value is -6.64. The third kappa shape index (κ3) is 4.44. The Bertz CT molecular complexity index is 3370. The molecule has 4 bridgehead atoms. The van der Waals surface area contributed by atoms with Crippen LogP contribution in [0.15, 0.2) is 182 Å². The Morgan fingerprint density at radius 3 is 1.52 bits per heavy atom. The molecule has 5 aliphatic rings. The molecular weight excluding hydrogens is 725 g/mol. The standard InChI is InChI=1S/C58H44N2/c1-2-11-38(12-3-1)39-13-10-14-44(32-39)59-54-19-8-5-16-48(54)50-24-21-40(33-56(50)59)41-22-25-51-49-17-6-9-20-55(49)60(57(51)34-41)45-23-26-47-46-15-4-7-18-52(46)58(53(47)35-45)42-28-36-27-37(30-42)31-43(58)29-36/h1-26,32-37,42-43H,27-31H2. The van der Waals surface area contributed by atoms with Crippen LogP contribution < -0.4 is 0 Å². The Morgan fingerprint density at radius 1 is 0.333 bits per heavy atom. The monoisotopic (exact) mass is 768 g/mol. The van der Waals surface area contributed by atoms with Crippen molar-refractivity contribution in [3.63, 3.8) is 0 Å². The number of nitrogens with zero attached hydrogens (tertiary/aromatic N) is 2. The van der Waals surface area contributed by atoms with Gasteiger partial charge in [-0.25, -0.2) is 0 Å². The van der Waals surface area contributed by atoms with Gasteiger partial charge in [-0.15, -0.1) is 0 Å². The predicted octanol–water partition coefficient (Wildman–Crippen LogP) is 14.9. The normalized spacial score (nSPS) is 22.4. The zero-order valence-corrected chi connectivity index (χ0v) is 33.6. The van der Waals surface area contributed by atoms with Crippen LogP contribution in [0.2, 0.25) is 0 Å². The molecular formula is C58H44N2. The summed E-state index contributed by atoms with van der Waals surface area (Å²) in [6.07, 6.45) is 7.05. The van der Waals surface area contributed by atoms with Gasteiger partial charge in [0, 0.05) is 38.3 Å². The van der Waals surface area contributed by atoms with E-state index >= 15 is 0 Å². The largest absolute Gasteiger partial charge is 0.309 e. The topological polar surface area (TPSA) is 9.86 Å². The fourth-order valence-electron chi connectivity index (χ4n) is 13.6. The fourth-order valence-corrected chi connectivity index (χ4v) is 13.6. The van der Waals surface area contributed by atoms with Crippen LogP contribution >= 0.6 is 0 Å². The van der Waals surface area contributed by atoms with Crippen LogP contribution in [0.5, 0.6) is 0 Å². The second-order valence-electron chi connectivity index (χ2n) is 18.5. The summed E-state index contributed by atoms with van der Waals surface area (Å²) in [5, 5.41) is 5.15. The van der Waals surface area contributed by atoms with E-state index in [1.165, 1.54) is 120 Å². The first-order valence-corrected chi connectivity index (χ1v) is 22.2. The summed E-state index contributed by atoms with van der Waals surface area (Å²) >= 11 is 0. The maximum atomic E-state index is 2.64. The van der Waals surface area contributed by atoms with Crippen molar-refractivity contribution in [2.45, 2.75) is 37.5 Å². The first-order valence-electron chi connectivity index (χ1n) is 22.2. The Kier molecular flexibility index (Phi) is 6.76. The molecule has 0 saturated heterocycles. The predicted molar refractivity (Wildman–Crippen MR) is 249 cm³/mol. The minimum atomic E-state index is 0.133. The number of benzene rings is 8. The Balaban J connectivity index is 0.956. The van der Waals surface area contributed by atoms with Gasteiger partial charge in [-0.3, -0.25) is 0 Å². The molecule has 0 unspecified atom stereocenters. The van der Waals surface area contributed by atoms with Gasteiger partial charge >= 0.3 is 0 Å². The molecule has 2 nitrogen and oxygen atoms in total. The number of aromatic nitrogens is 2. The van der Waals surface area contributed by atoms with Crippen molar-refractivity contribution >= 4 is 43.6 Å². The molecule has 1 spiro atoms. The van der Waals surface area contributed by atoms with Gasteiger partial charge in [0.1, 0.15) is 0 Å². The molecule has 2 heteroatoms. The molecule has 2 heterocycles. The van der Waals surface area contributed by atoms with Crippen molar-refractivity contribution in [1.29, 1.82) is 0 Å². The van der Waals surface area contributed by atoms with Crippen LogP contribution in [0.3, 0.4) is 0 Å². The molecule has 8 aromatic carbocycles. The van der Waals surface area contributed by atoms with Crippen LogP contribution in [0.25, 0.3) is 88.4 Å². The summed E-state index contributed by atoms with van der Waals surface area (Å²) in [7, 11) is 0. The van der Waals surface area contributed by atoms with E-state index < -0.39 is 0 Å². The van der Waals surface area contributed by atoms with Crippen LogP contribution in [-0.4, -0.2) is 9.13 Å². The Morgan fingerprint density at radius 2 is 0.850 bits per heavy atom. The lowest BCUT2D eigenvalue weighted by Crippen LogP contribution is -2.55. The summed E-state index contributed by atoms with van der Waals surface area (Å²) < 4.78 is 5.03. The van der Waals surface area contributed by atoms with E-state index in [1.807, 2.05) is 0 Å². The van der Waals surface area contributed by atoms with Crippen molar-refractivity contribution < 1.29 is 0 Å². The van der Waals surface area contributed by atoms with Crippen molar-refractivity contribution in [3.05, 3.63) is 193 Å². The van der Waals surface area contributed by atoms with Gasteiger partial charge in [-0.05, 0) is 149 Å². The molecule has 60 heavy (non-hydrogen) atoms. The van der Waals surface area contributed by atoms with Crippen molar-refractivity contribution in [1.82, 2.24) is 9.13 Å². The highest BCUT2D eigenvalue weighted by molar-refractivity contribution is 6.12. The number of fused-ring (bicyclic) bond motifs is 9. The highest BCUT2D eigenvalue weighted by Gasteiger charge is 2.61. The molecule has 4 saturated carbocycles. The molecule has 0 aliphatic heterocycles. The number of hydrogen-bond acceptors (Lipinski definition) is 0. The van der Waals surface area contributed by atoms with Gasteiger partial charge in [-0.1, -0.05) is 133 Å². The molecule has 0 radical (unpaired) electrons. The van der Waals surface area contributed by atoms with Gasteiger partial charge < -0.3 is 9.13 Å². The molecule has 0 atom stereocenters. The minimum absolute atomic E-state index is 0.133. The number of rotatable bonds is 4. The summed E-state index contributed by atoms with van der Waals surface area (Å²) in [5.74, 6) is 3.33. The summed E-state index contributed by atoms with van der Waals surface area (Å²) in [4.78, 5) is 0. The third-order valence-corrected chi connectivity index (χ3v) is 15.7. The smallest absolute Gasteiger partial charge is 0.0547 e. The molecule has 0 N–H and O–H groups in total. The van der Waals surface area contributed by atoms with E-state index in [4.69, 9.17) is 0 Å². The van der Waals surface area contributed by atoms with E-state index in [-0.39, 0.29) is 5.41 Å². The van der Waals surface area contributed by atoms with Crippen LogP contribution in [0, 0.1) is 23.7 Å². The van der Waals surface area contributed by atoms with E-state index in [0.717, 1.165) is 23.7 Å². The summed E-state index contributed by atoms with van der Waals surface area (Å²) in [6.45, 7) is 0. The second kappa shape index (κ2) is 12.2. The molecule has 0 amide bonds. The molecule has 4 fully saturated rings. The van der Waals surface area contributed by atoms with E-state index in [1.54, 1.807) is 11.1 Å². The first kappa shape index (κ1) is 33.2. The first-order chi connectivity index (χ1) is 29.7. The lowest BCUT2D eigenvalue weighted by atomic mass is 9.43. The van der Waals surface area contributed by atoms with Gasteiger partial charge in [0.15, 0.2) is 0 Å². The lowest BCUT2D eigenvalue weighted by Gasteiger charge is -2.61. The third-order valence-electron chi connectivity index (χ3n) is 15.7. The SMILES string of the molecule is c1ccc(-c2cccc(-n3c4ccccc4c4ccc(-c5ccc6c7ccccc7n(-c7ccc8c(c7)C7(c9ccccc9-8)C8CC9CC(C8)CC7C9)c6c5)cc43)c2)cc1. The fraction of sp³-hybridized carbons (Fsp3) is 0.172. The lowest BCUT2D eigenvalue weighted by molar-refractivity contribution is -0.0399. The highest BCUT2D eigenvalue weighted by atomic mass is 15.0. The molecule has 2 aromatic heterocycles. The summed E-state index contributed by atoms with van der Waals surface area (Å²) in [6, 6.07) is 68.9. The average molecular weight is 769 g/mol. The Labute approximate surface area is 350 Å². The summed E-state index contributed by atoms with van der Waals surface area (Å²) in [5.41, 5.74) is 18.6. The highest BCUT2D eigenvalue weighted by Crippen LogP contribution is 2.69. The van der Waals surface area contributed by atoms with Gasteiger partial charge in [0.25, 0.3) is 0 Å². The average Bonchev–Trinajstić information content (AvgIpc) is 3.92. The quantitative estimate of drug-likeness (QED) is 0.169. The minimum Gasteiger partial charge on any atom is -0.309 e. The van der Waals surface area contributed by atoms with E-state index in [9.17, 15) is 0 Å². The van der Waals surface area contributed by atoms with Crippen molar-refractivity contribution in [2.24, 2.45) is 23.7 Å². The van der Waals surface area contributed by atoms with Crippen LogP contribution in [0.4, 0.5) is 0 Å². The molecule has 286 valence electrons. The molecule has 5 aliphatic carbocycles. The zero-order valence-electron chi connectivity index (χ0n) is 33.6. The van der Waals surface area contributed by atoms with Crippen molar-refractivity contribution in [2.75, 3.05) is 0 Å². The van der Waals surface area contributed by atoms with Crippen LogP contribution in [-0.2, 0) is 5.41 Å². The number of hydrogen-bond donors (Lipinski definition) is 0. The molecule has 10 aromatic rings. The van der Waals surface area contributed by atoms with E-state index in [0.29, 0.717) is 0 Å². The van der Waals surface area contributed by atoms with Gasteiger partial charge in [0.2, 0.25) is 0 Å². The maximum absolute atomic E-state index is 2.64. The second-order valence-corrected chi connectivity index (χ2v) is 18.5. The number of para-hydroxylation sites is 2. The van der Waals surface area contributed by atoms with E-state index in [2.05, 4.69) is 191 Å². The van der Waals surface area contributed by atoms with Gasteiger partial charge in [-0.2, -0.15) is 0 Å². The van der Waals surface area contributed by atoms with Gasteiger partial charge in [0.05, 0.1) is 22.1 Å². The maximum Gasteiger partial charge on any atom is 0.0547 e. The molecule has 15 rings (SSSR count). The van der Waals surface area contributed by atoms with Crippen LogP contribution in [0.1, 0.15) is 43.2 Å². The van der Waals surface area contributed by atoms with Crippen molar-refractivity contribution in [3.8, 4) is 44.8 Å².